The van der Waals surface area contributed by atoms with Crippen molar-refractivity contribution in [3.63, 3.8) is 0 Å². The number of nitrogens with zero attached hydrogens (tertiary/aromatic N) is 1. The Balaban J connectivity index is 4.93. The highest BCUT2D eigenvalue weighted by atomic mass is 16.5. The first-order chi connectivity index (χ1) is 9.32. The summed E-state index contributed by atoms with van der Waals surface area (Å²) in [6, 6.07) is 0. The van der Waals surface area contributed by atoms with Crippen LogP contribution in [0.2, 0.25) is 0 Å². The molecule has 0 radical (unpaired) electrons. The fourth-order valence-corrected chi connectivity index (χ4v) is 2.25. The SMILES string of the molecule is CCCC(CC(C)(CC)C(=O)OCCO)C(=O)N(C)C. The Hall–Kier alpha value is -1.10. The van der Waals surface area contributed by atoms with Crippen LogP contribution in [0.25, 0.3) is 0 Å². The number of carbonyl (C=O) groups excluding carboxylic acids is 2. The smallest absolute Gasteiger partial charge is 0.311 e. The Morgan fingerprint density at radius 3 is 2.30 bits per heavy atom. The van der Waals surface area contributed by atoms with E-state index in [9.17, 15) is 9.59 Å². The van der Waals surface area contributed by atoms with Crippen molar-refractivity contribution in [2.45, 2.75) is 46.5 Å². The molecule has 0 aliphatic rings. The van der Waals surface area contributed by atoms with E-state index in [1.807, 2.05) is 20.8 Å². The predicted molar refractivity (Wildman–Crippen MR) is 78.2 cm³/mol. The molecule has 1 N–H and O–H groups in total. The van der Waals surface area contributed by atoms with Crippen molar-refractivity contribution in [2.24, 2.45) is 11.3 Å². The average Bonchev–Trinajstić information content (AvgIpc) is 2.42. The van der Waals surface area contributed by atoms with Gasteiger partial charge in [0.15, 0.2) is 0 Å². The van der Waals surface area contributed by atoms with Gasteiger partial charge in [0, 0.05) is 20.0 Å². The van der Waals surface area contributed by atoms with Crippen molar-refractivity contribution in [2.75, 3.05) is 27.3 Å². The lowest BCUT2D eigenvalue weighted by atomic mass is 9.77. The first-order valence-corrected chi connectivity index (χ1v) is 7.31. The van der Waals surface area contributed by atoms with Crippen LogP contribution in [0.15, 0.2) is 0 Å². The zero-order valence-corrected chi connectivity index (χ0v) is 13.4. The van der Waals surface area contributed by atoms with Crippen LogP contribution in [0.1, 0.15) is 46.5 Å². The van der Waals surface area contributed by atoms with Crippen molar-refractivity contribution >= 4 is 11.9 Å². The normalized spacial score (nSPS) is 15.3. The highest BCUT2D eigenvalue weighted by molar-refractivity contribution is 5.81. The van der Waals surface area contributed by atoms with Gasteiger partial charge in [-0.15, -0.1) is 0 Å². The molecule has 118 valence electrons. The molecule has 2 atom stereocenters. The predicted octanol–water partition coefficient (Wildman–Crippen LogP) is 1.83. The number of hydrogen-bond donors (Lipinski definition) is 1. The molecule has 5 nitrogen and oxygen atoms in total. The van der Waals surface area contributed by atoms with E-state index in [0.29, 0.717) is 12.8 Å². The fourth-order valence-electron chi connectivity index (χ4n) is 2.25. The molecular weight excluding hydrogens is 258 g/mol. The summed E-state index contributed by atoms with van der Waals surface area (Å²) in [5, 5.41) is 8.74. The van der Waals surface area contributed by atoms with E-state index in [4.69, 9.17) is 9.84 Å². The molecule has 0 bridgehead atoms. The molecule has 0 aromatic rings. The lowest BCUT2D eigenvalue weighted by Crippen LogP contribution is -2.37. The van der Waals surface area contributed by atoms with Gasteiger partial charge in [0.2, 0.25) is 5.91 Å². The van der Waals surface area contributed by atoms with Crippen LogP contribution < -0.4 is 0 Å². The minimum atomic E-state index is -0.680. The Morgan fingerprint density at radius 2 is 1.90 bits per heavy atom. The topological polar surface area (TPSA) is 66.8 Å². The molecule has 0 spiro atoms. The molecule has 0 fully saturated rings. The maximum absolute atomic E-state index is 12.2. The van der Waals surface area contributed by atoms with Crippen molar-refractivity contribution in [1.29, 1.82) is 0 Å². The van der Waals surface area contributed by atoms with E-state index in [0.717, 1.165) is 12.8 Å². The van der Waals surface area contributed by atoms with Gasteiger partial charge in [0.05, 0.1) is 12.0 Å². The second kappa shape index (κ2) is 8.95. The Labute approximate surface area is 122 Å². The first-order valence-electron chi connectivity index (χ1n) is 7.31. The highest BCUT2D eigenvalue weighted by Gasteiger charge is 2.37. The average molecular weight is 287 g/mol. The second-order valence-corrected chi connectivity index (χ2v) is 5.70. The van der Waals surface area contributed by atoms with Crippen LogP contribution in [-0.4, -0.2) is 49.2 Å². The molecule has 0 aliphatic carbocycles. The van der Waals surface area contributed by atoms with Gasteiger partial charge in [0.1, 0.15) is 6.61 Å². The molecule has 2 unspecified atom stereocenters. The monoisotopic (exact) mass is 287 g/mol. The van der Waals surface area contributed by atoms with Crippen LogP contribution in [0.3, 0.4) is 0 Å². The van der Waals surface area contributed by atoms with Gasteiger partial charge in [-0.25, -0.2) is 0 Å². The van der Waals surface area contributed by atoms with Crippen LogP contribution in [-0.2, 0) is 14.3 Å². The van der Waals surface area contributed by atoms with Gasteiger partial charge in [-0.2, -0.15) is 0 Å². The molecule has 0 saturated carbocycles. The summed E-state index contributed by atoms with van der Waals surface area (Å²) in [7, 11) is 3.47. The third-order valence-electron chi connectivity index (χ3n) is 3.72. The largest absolute Gasteiger partial charge is 0.463 e. The van der Waals surface area contributed by atoms with E-state index in [2.05, 4.69) is 0 Å². The number of carbonyl (C=O) groups is 2. The quantitative estimate of drug-likeness (QED) is 0.657. The maximum Gasteiger partial charge on any atom is 0.311 e. The molecule has 0 heterocycles. The highest BCUT2D eigenvalue weighted by Crippen LogP contribution is 2.33. The van der Waals surface area contributed by atoms with Gasteiger partial charge in [-0.05, 0) is 26.2 Å². The Morgan fingerprint density at radius 1 is 1.30 bits per heavy atom. The summed E-state index contributed by atoms with van der Waals surface area (Å²) in [6.07, 6.45) is 2.76. The van der Waals surface area contributed by atoms with E-state index >= 15 is 0 Å². The summed E-state index contributed by atoms with van der Waals surface area (Å²) >= 11 is 0. The van der Waals surface area contributed by atoms with Gasteiger partial charge in [-0.3, -0.25) is 9.59 Å². The van der Waals surface area contributed by atoms with Gasteiger partial charge >= 0.3 is 5.97 Å². The van der Waals surface area contributed by atoms with E-state index < -0.39 is 5.41 Å². The van der Waals surface area contributed by atoms with Crippen molar-refractivity contribution in [3.8, 4) is 0 Å². The van der Waals surface area contributed by atoms with Crippen LogP contribution in [0, 0.1) is 11.3 Å². The maximum atomic E-state index is 12.2. The lowest BCUT2D eigenvalue weighted by molar-refractivity contribution is -0.158. The number of ether oxygens (including phenoxy) is 1. The first kappa shape index (κ1) is 18.9. The summed E-state index contributed by atoms with van der Waals surface area (Å²) in [4.78, 5) is 25.9. The number of aliphatic hydroxyl groups excluding tert-OH is 1. The van der Waals surface area contributed by atoms with Crippen LogP contribution >= 0.6 is 0 Å². The summed E-state index contributed by atoms with van der Waals surface area (Å²) < 4.78 is 5.05. The zero-order valence-electron chi connectivity index (χ0n) is 13.4. The second-order valence-electron chi connectivity index (χ2n) is 5.70. The van der Waals surface area contributed by atoms with Crippen molar-refractivity contribution in [3.05, 3.63) is 0 Å². The Kier molecular flexibility index (Phi) is 8.46. The van der Waals surface area contributed by atoms with E-state index in [-0.39, 0.29) is 31.0 Å². The van der Waals surface area contributed by atoms with Crippen LogP contribution in [0.5, 0.6) is 0 Å². The molecule has 0 aromatic carbocycles. The minimum Gasteiger partial charge on any atom is -0.463 e. The molecule has 5 heteroatoms. The molecule has 1 amide bonds. The van der Waals surface area contributed by atoms with E-state index in [1.54, 1.807) is 19.0 Å². The summed E-state index contributed by atoms with van der Waals surface area (Å²) in [5.74, 6) is -0.440. The Bertz CT molecular complexity index is 317. The third-order valence-corrected chi connectivity index (χ3v) is 3.72. The molecular formula is C15H29NO4. The van der Waals surface area contributed by atoms with Crippen LogP contribution in [0.4, 0.5) is 0 Å². The number of amides is 1. The fraction of sp³-hybridized carbons (Fsp3) is 0.867. The number of esters is 1. The zero-order chi connectivity index (χ0) is 15.8. The third kappa shape index (κ3) is 5.49. The van der Waals surface area contributed by atoms with Gasteiger partial charge < -0.3 is 14.7 Å². The van der Waals surface area contributed by atoms with Gasteiger partial charge in [0.25, 0.3) is 0 Å². The number of rotatable bonds is 9. The van der Waals surface area contributed by atoms with E-state index in [1.165, 1.54) is 0 Å². The summed E-state index contributed by atoms with van der Waals surface area (Å²) in [6.45, 7) is 5.61. The standard InChI is InChI=1S/C15H29NO4/c1-6-8-12(13(18)16(4)5)11-15(3,7-2)14(19)20-10-9-17/h12,17H,6-11H2,1-5H3. The molecule has 0 rings (SSSR count). The van der Waals surface area contributed by atoms with Gasteiger partial charge in [-0.1, -0.05) is 20.3 Å². The number of hydrogen-bond acceptors (Lipinski definition) is 4. The molecule has 0 saturated heterocycles. The molecule has 0 aliphatic heterocycles. The molecule has 20 heavy (non-hydrogen) atoms. The summed E-state index contributed by atoms with van der Waals surface area (Å²) in [5.41, 5.74) is -0.680. The van der Waals surface area contributed by atoms with Crippen molar-refractivity contribution in [1.82, 2.24) is 4.90 Å². The molecule has 0 aromatic heterocycles. The van der Waals surface area contributed by atoms with Crippen molar-refractivity contribution < 1.29 is 19.4 Å². The minimum absolute atomic E-state index is 0.00843. The number of aliphatic hydroxyl groups is 1. The lowest BCUT2D eigenvalue weighted by Gasteiger charge is -2.31.